The van der Waals surface area contributed by atoms with Crippen LogP contribution in [0.15, 0.2) is 0 Å². The lowest BCUT2D eigenvalue weighted by molar-refractivity contribution is 0.377. The molecule has 3 heteroatoms. The number of nitrogens with one attached hydrogen (secondary N) is 1. The Morgan fingerprint density at radius 2 is 2.36 bits per heavy atom. The first-order valence-corrected chi connectivity index (χ1v) is 6.21. The van der Waals surface area contributed by atoms with Crippen molar-refractivity contribution in [2.24, 2.45) is 5.92 Å². The van der Waals surface area contributed by atoms with Gasteiger partial charge in [-0.15, -0.1) is 11.3 Å². The van der Waals surface area contributed by atoms with Gasteiger partial charge in [0, 0.05) is 4.88 Å². The second-order valence-electron chi connectivity index (χ2n) is 4.16. The molecule has 78 valence electrons. The summed E-state index contributed by atoms with van der Waals surface area (Å²) in [5, 5.41) is 4.68. The first-order chi connectivity index (χ1) is 6.75. The first-order valence-electron chi connectivity index (χ1n) is 5.39. The average Bonchev–Trinajstić information content (AvgIpc) is 2.47. The molecule has 0 saturated carbocycles. The van der Waals surface area contributed by atoms with Crippen LogP contribution in [0.5, 0.6) is 0 Å². The summed E-state index contributed by atoms with van der Waals surface area (Å²) in [6.45, 7) is 6.63. The summed E-state index contributed by atoms with van der Waals surface area (Å²) in [5.41, 5.74) is 1.25. The predicted octanol–water partition coefficient (Wildman–Crippen LogP) is 2.30. The topological polar surface area (TPSA) is 24.9 Å². The zero-order valence-corrected chi connectivity index (χ0v) is 9.78. The maximum atomic E-state index is 4.47. The first kappa shape index (κ1) is 10.1. The minimum atomic E-state index is 0.835. The Balaban J connectivity index is 1.98. The maximum absolute atomic E-state index is 4.47. The molecule has 2 rings (SSSR count). The molecular formula is C11H18N2S. The van der Waals surface area contributed by atoms with Crippen LogP contribution in [-0.2, 0) is 6.42 Å². The number of rotatable bonds is 2. The van der Waals surface area contributed by atoms with Gasteiger partial charge in [-0.1, -0.05) is 0 Å². The molecule has 2 nitrogen and oxygen atoms in total. The standard InChI is InChI=1S/C11H18N2S/c1-8-11(14-9(2)13-8)6-10-4-3-5-12-7-10/h10,12H,3-7H2,1-2H3. The lowest BCUT2D eigenvalue weighted by Gasteiger charge is -2.22. The van der Waals surface area contributed by atoms with E-state index in [1.54, 1.807) is 0 Å². The van der Waals surface area contributed by atoms with E-state index >= 15 is 0 Å². The van der Waals surface area contributed by atoms with Crippen LogP contribution < -0.4 is 5.32 Å². The third kappa shape index (κ3) is 2.34. The fourth-order valence-corrected chi connectivity index (χ4v) is 3.17. The van der Waals surface area contributed by atoms with Crippen molar-refractivity contribution in [3.63, 3.8) is 0 Å². The summed E-state index contributed by atoms with van der Waals surface area (Å²) in [4.78, 5) is 5.97. The summed E-state index contributed by atoms with van der Waals surface area (Å²) >= 11 is 1.87. The lowest BCUT2D eigenvalue weighted by Crippen LogP contribution is -2.30. The van der Waals surface area contributed by atoms with Crippen LogP contribution >= 0.6 is 11.3 Å². The molecular weight excluding hydrogens is 192 g/mol. The number of aryl methyl sites for hydroxylation is 2. The zero-order valence-electron chi connectivity index (χ0n) is 8.97. The molecule has 1 atom stereocenters. The number of thiazole rings is 1. The zero-order chi connectivity index (χ0) is 9.97. The van der Waals surface area contributed by atoms with Crippen LogP contribution in [0.4, 0.5) is 0 Å². The summed E-state index contributed by atoms with van der Waals surface area (Å²) in [7, 11) is 0. The largest absolute Gasteiger partial charge is 0.316 e. The Morgan fingerprint density at radius 1 is 1.50 bits per heavy atom. The van der Waals surface area contributed by atoms with Crippen LogP contribution in [0.2, 0.25) is 0 Å². The van der Waals surface area contributed by atoms with Gasteiger partial charge >= 0.3 is 0 Å². The van der Waals surface area contributed by atoms with Gasteiger partial charge in [0.2, 0.25) is 0 Å². The van der Waals surface area contributed by atoms with Gasteiger partial charge in [0.05, 0.1) is 10.7 Å². The molecule has 14 heavy (non-hydrogen) atoms. The maximum Gasteiger partial charge on any atom is 0.0900 e. The van der Waals surface area contributed by atoms with Gasteiger partial charge in [0.1, 0.15) is 0 Å². The normalized spacial score (nSPS) is 22.6. The monoisotopic (exact) mass is 210 g/mol. The molecule has 1 aliphatic rings. The van der Waals surface area contributed by atoms with Crippen molar-refractivity contribution in [1.29, 1.82) is 0 Å². The molecule has 0 amide bonds. The smallest absolute Gasteiger partial charge is 0.0900 e. The van der Waals surface area contributed by atoms with Gasteiger partial charge in [-0.05, 0) is 52.1 Å². The Hall–Kier alpha value is -0.410. The van der Waals surface area contributed by atoms with Crippen molar-refractivity contribution in [2.45, 2.75) is 33.1 Å². The molecule has 0 bridgehead atoms. The van der Waals surface area contributed by atoms with Crippen LogP contribution in [0.25, 0.3) is 0 Å². The highest BCUT2D eigenvalue weighted by Gasteiger charge is 2.16. The minimum absolute atomic E-state index is 0.835. The third-order valence-corrected chi connectivity index (χ3v) is 3.97. The molecule has 0 aliphatic carbocycles. The fourth-order valence-electron chi connectivity index (χ4n) is 2.12. The number of hydrogen-bond donors (Lipinski definition) is 1. The van der Waals surface area contributed by atoms with Crippen LogP contribution in [0, 0.1) is 19.8 Å². The second-order valence-corrected chi connectivity index (χ2v) is 5.45. The summed E-state index contributed by atoms with van der Waals surface area (Å²) in [6.07, 6.45) is 3.94. The molecule has 1 aliphatic heterocycles. The molecule has 1 saturated heterocycles. The van der Waals surface area contributed by atoms with E-state index in [0.29, 0.717) is 0 Å². The van der Waals surface area contributed by atoms with Gasteiger partial charge in [-0.3, -0.25) is 0 Å². The van der Waals surface area contributed by atoms with E-state index in [9.17, 15) is 0 Å². The number of hydrogen-bond acceptors (Lipinski definition) is 3. The third-order valence-electron chi connectivity index (χ3n) is 2.87. The van der Waals surface area contributed by atoms with Gasteiger partial charge in [0.25, 0.3) is 0 Å². The van der Waals surface area contributed by atoms with E-state index in [2.05, 4.69) is 24.1 Å². The molecule has 0 radical (unpaired) electrons. The molecule has 0 aromatic carbocycles. The van der Waals surface area contributed by atoms with Crippen LogP contribution in [0.3, 0.4) is 0 Å². The summed E-state index contributed by atoms with van der Waals surface area (Å²) in [6, 6.07) is 0. The Morgan fingerprint density at radius 3 is 2.93 bits per heavy atom. The summed E-state index contributed by atoms with van der Waals surface area (Å²) in [5.74, 6) is 0.835. The number of piperidine rings is 1. The second kappa shape index (κ2) is 4.41. The molecule has 1 unspecified atom stereocenters. The van der Waals surface area contributed by atoms with E-state index < -0.39 is 0 Å². The van der Waals surface area contributed by atoms with Gasteiger partial charge in [-0.25, -0.2) is 4.98 Å². The van der Waals surface area contributed by atoms with Crippen molar-refractivity contribution in [3.8, 4) is 0 Å². The van der Waals surface area contributed by atoms with E-state index in [0.717, 1.165) is 5.92 Å². The van der Waals surface area contributed by atoms with Crippen molar-refractivity contribution >= 4 is 11.3 Å². The molecule has 0 spiro atoms. The van der Waals surface area contributed by atoms with Gasteiger partial charge in [0.15, 0.2) is 0 Å². The van der Waals surface area contributed by atoms with Crippen LogP contribution in [0.1, 0.15) is 28.4 Å². The van der Waals surface area contributed by atoms with E-state index in [1.807, 2.05) is 11.3 Å². The predicted molar refractivity (Wildman–Crippen MR) is 60.9 cm³/mol. The minimum Gasteiger partial charge on any atom is -0.316 e. The number of nitrogens with zero attached hydrogens (tertiary/aromatic N) is 1. The molecule has 1 N–H and O–H groups in total. The van der Waals surface area contributed by atoms with Crippen molar-refractivity contribution < 1.29 is 0 Å². The summed E-state index contributed by atoms with van der Waals surface area (Å²) < 4.78 is 0. The highest BCUT2D eigenvalue weighted by Crippen LogP contribution is 2.23. The molecule has 2 heterocycles. The van der Waals surface area contributed by atoms with E-state index in [4.69, 9.17) is 0 Å². The van der Waals surface area contributed by atoms with Gasteiger partial charge in [-0.2, -0.15) is 0 Å². The Kier molecular flexibility index (Phi) is 3.19. The SMILES string of the molecule is Cc1nc(C)c(CC2CCCNC2)s1. The van der Waals surface area contributed by atoms with Crippen LogP contribution in [-0.4, -0.2) is 18.1 Å². The Labute approximate surface area is 89.8 Å². The lowest BCUT2D eigenvalue weighted by atomic mass is 9.95. The van der Waals surface area contributed by atoms with Crippen molar-refractivity contribution in [1.82, 2.24) is 10.3 Å². The average molecular weight is 210 g/mol. The Bertz CT molecular complexity index is 300. The van der Waals surface area contributed by atoms with E-state index in [1.165, 1.54) is 47.9 Å². The van der Waals surface area contributed by atoms with Gasteiger partial charge < -0.3 is 5.32 Å². The highest BCUT2D eigenvalue weighted by atomic mass is 32.1. The van der Waals surface area contributed by atoms with Crippen molar-refractivity contribution in [3.05, 3.63) is 15.6 Å². The quantitative estimate of drug-likeness (QED) is 0.810. The molecule has 1 aromatic rings. The highest BCUT2D eigenvalue weighted by molar-refractivity contribution is 7.11. The van der Waals surface area contributed by atoms with E-state index in [-0.39, 0.29) is 0 Å². The molecule has 1 aromatic heterocycles. The van der Waals surface area contributed by atoms with Crippen molar-refractivity contribution in [2.75, 3.05) is 13.1 Å². The number of aromatic nitrogens is 1. The fraction of sp³-hybridized carbons (Fsp3) is 0.727. The molecule has 1 fully saturated rings.